The Morgan fingerprint density at radius 3 is 2.61 bits per heavy atom. The molecule has 0 aromatic heterocycles. The second-order valence-electron chi connectivity index (χ2n) is 6.50. The molecular formula is C19H25N3O6. The molecule has 0 radical (unpaired) electrons. The number of benzene rings is 1. The van der Waals surface area contributed by atoms with Crippen molar-refractivity contribution in [3.05, 3.63) is 46.0 Å². The fourth-order valence-corrected chi connectivity index (χ4v) is 2.88. The summed E-state index contributed by atoms with van der Waals surface area (Å²) in [5.74, 6) is -1.12. The normalized spacial score (nSPS) is 13.7. The van der Waals surface area contributed by atoms with Crippen molar-refractivity contribution in [3.63, 3.8) is 0 Å². The van der Waals surface area contributed by atoms with Gasteiger partial charge < -0.3 is 19.3 Å². The first kappa shape index (κ1) is 21.4. The summed E-state index contributed by atoms with van der Waals surface area (Å²) in [4.78, 5) is 38.9. The van der Waals surface area contributed by atoms with Gasteiger partial charge in [0.2, 0.25) is 0 Å². The number of rotatable bonds is 8. The van der Waals surface area contributed by atoms with E-state index in [0.717, 1.165) is 5.57 Å². The van der Waals surface area contributed by atoms with Gasteiger partial charge in [0, 0.05) is 38.3 Å². The largest absolute Gasteiger partial charge is 0.452 e. The number of morpholine rings is 1. The number of esters is 1. The van der Waals surface area contributed by atoms with Gasteiger partial charge in [-0.25, -0.2) is 4.79 Å². The molecule has 1 saturated heterocycles. The summed E-state index contributed by atoms with van der Waals surface area (Å²) in [6.45, 7) is 9.90. The van der Waals surface area contributed by atoms with E-state index in [1.807, 2.05) is 11.8 Å². The molecule has 0 saturated carbocycles. The molecule has 1 amide bonds. The lowest BCUT2D eigenvalue weighted by Gasteiger charge is -2.30. The van der Waals surface area contributed by atoms with E-state index in [-0.39, 0.29) is 17.2 Å². The Balaban J connectivity index is 2.17. The number of anilines is 1. The van der Waals surface area contributed by atoms with Gasteiger partial charge in [-0.05, 0) is 19.9 Å². The van der Waals surface area contributed by atoms with E-state index in [9.17, 15) is 19.7 Å². The zero-order chi connectivity index (χ0) is 20.7. The molecule has 0 unspecified atom stereocenters. The number of amides is 1. The van der Waals surface area contributed by atoms with E-state index in [4.69, 9.17) is 9.47 Å². The van der Waals surface area contributed by atoms with Crippen molar-refractivity contribution in [2.75, 3.05) is 50.9 Å². The molecule has 152 valence electrons. The fourth-order valence-electron chi connectivity index (χ4n) is 2.88. The van der Waals surface area contributed by atoms with Gasteiger partial charge in [-0.2, -0.15) is 0 Å². The Bertz CT molecular complexity index is 758. The number of likely N-dealkylation sites (N-methyl/N-ethyl adjacent to an activating group) is 1. The van der Waals surface area contributed by atoms with Gasteiger partial charge in [-0.1, -0.05) is 12.2 Å². The average molecular weight is 391 g/mol. The molecule has 9 heteroatoms. The maximum Gasteiger partial charge on any atom is 0.341 e. The molecular weight excluding hydrogens is 366 g/mol. The van der Waals surface area contributed by atoms with Gasteiger partial charge in [0.25, 0.3) is 11.6 Å². The van der Waals surface area contributed by atoms with Crippen LogP contribution in [0, 0.1) is 10.1 Å². The van der Waals surface area contributed by atoms with Crippen LogP contribution >= 0.6 is 0 Å². The van der Waals surface area contributed by atoms with Crippen molar-refractivity contribution < 1.29 is 24.0 Å². The smallest absolute Gasteiger partial charge is 0.341 e. The number of hydrogen-bond donors (Lipinski definition) is 0. The minimum atomic E-state index is -0.773. The molecule has 1 aromatic rings. The second-order valence-corrected chi connectivity index (χ2v) is 6.50. The van der Waals surface area contributed by atoms with Crippen LogP contribution in [-0.2, 0) is 14.3 Å². The van der Waals surface area contributed by atoms with Crippen LogP contribution in [0.2, 0.25) is 0 Å². The Morgan fingerprint density at radius 2 is 2.04 bits per heavy atom. The standard InChI is InChI=1S/C19H25N3O6/c1-4-20(12-14(2)3)18(23)13-28-19(24)16-11-15(22(25)26)5-6-17(16)21-7-9-27-10-8-21/h5-6,11H,2,4,7-10,12-13H2,1,3H3. The van der Waals surface area contributed by atoms with Crippen LogP contribution in [0.5, 0.6) is 0 Å². The highest BCUT2D eigenvalue weighted by Gasteiger charge is 2.24. The number of hydrogen-bond acceptors (Lipinski definition) is 7. The van der Waals surface area contributed by atoms with Crippen LogP contribution in [0.25, 0.3) is 0 Å². The average Bonchev–Trinajstić information content (AvgIpc) is 2.69. The summed E-state index contributed by atoms with van der Waals surface area (Å²) < 4.78 is 10.5. The van der Waals surface area contributed by atoms with Crippen molar-refractivity contribution >= 4 is 23.3 Å². The third kappa shape index (κ3) is 5.53. The highest BCUT2D eigenvalue weighted by Crippen LogP contribution is 2.27. The minimum absolute atomic E-state index is 0.0619. The molecule has 0 bridgehead atoms. The van der Waals surface area contributed by atoms with Gasteiger partial charge in [0.15, 0.2) is 6.61 Å². The number of non-ortho nitro benzene ring substituents is 1. The zero-order valence-electron chi connectivity index (χ0n) is 16.2. The maximum absolute atomic E-state index is 12.6. The Hall–Kier alpha value is -2.94. The number of carbonyl (C=O) groups excluding carboxylic acids is 2. The van der Waals surface area contributed by atoms with Crippen LogP contribution < -0.4 is 4.90 Å². The Morgan fingerprint density at radius 1 is 1.36 bits per heavy atom. The lowest BCUT2D eigenvalue weighted by molar-refractivity contribution is -0.384. The first-order valence-corrected chi connectivity index (χ1v) is 9.04. The summed E-state index contributed by atoms with van der Waals surface area (Å²) in [6.07, 6.45) is 0. The molecule has 1 aromatic carbocycles. The summed E-state index contributed by atoms with van der Waals surface area (Å²) >= 11 is 0. The SMILES string of the molecule is C=C(C)CN(CC)C(=O)COC(=O)c1cc([N+](=O)[O-])ccc1N1CCOCC1. The van der Waals surface area contributed by atoms with Gasteiger partial charge in [-0.15, -0.1) is 0 Å². The molecule has 0 aliphatic carbocycles. The third-order valence-electron chi connectivity index (χ3n) is 4.28. The Labute approximate surface area is 163 Å². The molecule has 0 atom stereocenters. The van der Waals surface area contributed by atoms with Crippen LogP contribution in [0.3, 0.4) is 0 Å². The van der Waals surface area contributed by atoms with Crippen molar-refractivity contribution in [3.8, 4) is 0 Å². The molecule has 0 N–H and O–H groups in total. The fraction of sp³-hybridized carbons (Fsp3) is 0.474. The van der Waals surface area contributed by atoms with Crippen LogP contribution in [-0.4, -0.2) is 67.7 Å². The monoisotopic (exact) mass is 391 g/mol. The minimum Gasteiger partial charge on any atom is -0.452 e. The predicted molar refractivity (Wildman–Crippen MR) is 103 cm³/mol. The topological polar surface area (TPSA) is 102 Å². The van der Waals surface area contributed by atoms with Crippen molar-refractivity contribution in [2.45, 2.75) is 13.8 Å². The number of ether oxygens (including phenoxy) is 2. The first-order chi connectivity index (χ1) is 13.3. The summed E-state index contributed by atoms with van der Waals surface area (Å²) in [5.41, 5.74) is 1.19. The molecule has 9 nitrogen and oxygen atoms in total. The molecule has 0 spiro atoms. The lowest BCUT2D eigenvalue weighted by atomic mass is 10.1. The van der Waals surface area contributed by atoms with E-state index in [2.05, 4.69) is 6.58 Å². The molecule has 1 fully saturated rings. The van der Waals surface area contributed by atoms with Crippen LogP contribution in [0.1, 0.15) is 24.2 Å². The van der Waals surface area contributed by atoms with Gasteiger partial charge >= 0.3 is 5.97 Å². The molecule has 28 heavy (non-hydrogen) atoms. The van der Waals surface area contributed by atoms with Gasteiger partial charge in [-0.3, -0.25) is 14.9 Å². The van der Waals surface area contributed by atoms with E-state index in [0.29, 0.717) is 45.1 Å². The third-order valence-corrected chi connectivity index (χ3v) is 4.28. The first-order valence-electron chi connectivity index (χ1n) is 9.04. The quantitative estimate of drug-likeness (QED) is 0.289. The van der Waals surface area contributed by atoms with E-state index in [1.165, 1.54) is 23.1 Å². The number of nitro groups is 1. The van der Waals surface area contributed by atoms with Gasteiger partial charge in [0.05, 0.1) is 29.4 Å². The maximum atomic E-state index is 12.6. The number of nitro benzene ring substituents is 1. The van der Waals surface area contributed by atoms with Crippen molar-refractivity contribution in [1.29, 1.82) is 0 Å². The summed E-state index contributed by atoms with van der Waals surface area (Å²) in [6, 6.07) is 4.06. The van der Waals surface area contributed by atoms with Crippen LogP contribution in [0.15, 0.2) is 30.4 Å². The molecule has 1 aliphatic rings. The number of carbonyl (C=O) groups is 2. The van der Waals surface area contributed by atoms with E-state index < -0.39 is 17.5 Å². The Kier molecular flexibility index (Phi) is 7.51. The molecule has 1 aliphatic heterocycles. The van der Waals surface area contributed by atoms with Crippen LogP contribution in [0.4, 0.5) is 11.4 Å². The molecule has 1 heterocycles. The lowest BCUT2D eigenvalue weighted by Crippen LogP contribution is -2.37. The highest BCUT2D eigenvalue weighted by atomic mass is 16.6. The molecule has 2 rings (SSSR count). The predicted octanol–water partition coefficient (Wildman–Crippen LogP) is 2.01. The highest BCUT2D eigenvalue weighted by molar-refractivity contribution is 5.97. The van der Waals surface area contributed by atoms with Gasteiger partial charge in [0.1, 0.15) is 0 Å². The zero-order valence-corrected chi connectivity index (χ0v) is 16.2. The number of nitrogens with zero attached hydrogens (tertiary/aromatic N) is 3. The van der Waals surface area contributed by atoms with E-state index in [1.54, 1.807) is 6.92 Å². The second kappa shape index (κ2) is 9.84. The van der Waals surface area contributed by atoms with Crippen molar-refractivity contribution in [2.24, 2.45) is 0 Å². The van der Waals surface area contributed by atoms with Crippen molar-refractivity contribution in [1.82, 2.24) is 4.90 Å². The summed E-state index contributed by atoms with van der Waals surface area (Å²) in [5, 5.41) is 11.1. The van der Waals surface area contributed by atoms with E-state index >= 15 is 0 Å². The summed E-state index contributed by atoms with van der Waals surface area (Å²) in [7, 11) is 0.